The second-order valence-electron chi connectivity index (χ2n) is 12.3. The first-order chi connectivity index (χ1) is 23.9. The second kappa shape index (κ2) is 22.9. The van der Waals surface area contributed by atoms with Crippen molar-refractivity contribution in [2.24, 2.45) is 11.8 Å². The van der Waals surface area contributed by atoms with Crippen molar-refractivity contribution >= 4 is 47.1 Å². The molecule has 6 amide bonds. The van der Waals surface area contributed by atoms with Crippen molar-refractivity contribution in [3.63, 3.8) is 0 Å². The zero-order valence-electron chi connectivity index (χ0n) is 29.4. The number of unbranched alkanes of at least 4 members (excludes halogenated alkanes) is 2. The monoisotopic (exact) mass is 701 g/mol. The Morgan fingerprint density at radius 2 is 1.40 bits per heavy atom. The number of nitrogens with one attached hydrogen (secondary N) is 4. The molecule has 4 N–H and O–H groups in total. The molecule has 0 aromatic heterocycles. The van der Waals surface area contributed by atoms with Gasteiger partial charge < -0.3 is 35.5 Å². The number of carbonyl (C=O) groups is 7. The van der Waals surface area contributed by atoms with Gasteiger partial charge in [0.05, 0.1) is 38.9 Å². The number of benzene rings is 1. The number of nitrogens with zero attached hydrogens (tertiary/aromatic N) is 1. The van der Waals surface area contributed by atoms with Crippen LogP contribution in [0.3, 0.4) is 0 Å². The summed E-state index contributed by atoms with van der Waals surface area (Å²) in [4.78, 5) is 85.3. The van der Waals surface area contributed by atoms with Crippen molar-refractivity contribution in [3.05, 3.63) is 42.0 Å². The fraction of sp³-hybridized carbons (Fsp3) is 0.571. The van der Waals surface area contributed by atoms with Crippen LogP contribution in [0, 0.1) is 11.8 Å². The van der Waals surface area contributed by atoms with Crippen molar-refractivity contribution in [1.82, 2.24) is 20.9 Å². The maximum Gasteiger partial charge on any atom is 0.308 e. The van der Waals surface area contributed by atoms with Crippen LogP contribution in [0.2, 0.25) is 0 Å². The van der Waals surface area contributed by atoms with Gasteiger partial charge in [-0.15, -0.1) is 0 Å². The number of rotatable bonds is 24. The van der Waals surface area contributed by atoms with Gasteiger partial charge in [0, 0.05) is 43.8 Å². The summed E-state index contributed by atoms with van der Waals surface area (Å²) in [5, 5.41) is 10.7. The summed E-state index contributed by atoms with van der Waals surface area (Å²) in [5.74, 6) is -2.75. The van der Waals surface area contributed by atoms with Gasteiger partial charge in [0.2, 0.25) is 23.6 Å². The molecule has 15 heteroatoms. The fourth-order valence-electron chi connectivity index (χ4n) is 4.49. The van der Waals surface area contributed by atoms with Crippen molar-refractivity contribution < 1.29 is 47.8 Å². The summed E-state index contributed by atoms with van der Waals surface area (Å²) in [7, 11) is 0. The maximum absolute atomic E-state index is 12.7. The van der Waals surface area contributed by atoms with E-state index in [0.29, 0.717) is 44.6 Å². The van der Waals surface area contributed by atoms with E-state index in [9.17, 15) is 33.6 Å². The molecule has 0 aliphatic carbocycles. The first-order valence-electron chi connectivity index (χ1n) is 17.0. The molecule has 1 aliphatic rings. The van der Waals surface area contributed by atoms with Crippen molar-refractivity contribution in [3.8, 4) is 0 Å². The highest BCUT2D eigenvalue weighted by Gasteiger charge is 2.25. The molecule has 2 rings (SSSR count). The van der Waals surface area contributed by atoms with Crippen LogP contribution in [0.25, 0.3) is 0 Å². The largest absolute Gasteiger partial charge is 0.461 e. The molecule has 1 aromatic rings. The van der Waals surface area contributed by atoms with E-state index in [4.69, 9.17) is 14.2 Å². The zero-order valence-corrected chi connectivity index (χ0v) is 29.4. The Morgan fingerprint density at radius 1 is 0.740 bits per heavy atom. The molecule has 1 aromatic carbocycles. The quantitative estimate of drug-likeness (QED) is 0.0698. The predicted molar refractivity (Wildman–Crippen MR) is 183 cm³/mol. The lowest BCUT2D eigenvalue weighted by Gasteiger charge is -2.21. The Labute approximate surface area is 293 Å². The Morgan fingerprint density at radius 3 is 2.04 bits per heavy atom. The number of ether oxygens (including phenoxy) is 3. The molecule has 50 heavy (non-hydrogen) atoms. The van der Waals surface area contributed by atoms with Crippen molar-refractivity contribution in [2.75, 3.05) is 51.4 Å². The highest BCUT2D eigenvalue weighted by Crippen LogP contribution is 2.12. The van der Waals surface area contributed by atoms with Gasteiger partial charge in [-0.25, -0.2) is 0 Å². The number of carbonyl (C=O) groups excluding carboxylic acids is 7. The first kappa shape index (κ1) is 41.5. The minimum absolute atomic E-state index is 0.0290. The lowest BCUT2D eigenvalue weighted by atomic mass is 10.0. The highest BCUT2D eigenvalue weighted by atomic mass is 16.5. The minimum Gasteiger partial charge on any atom is -0.461 e. The van der Waals surface area contributed by atoms with Crippen LogP contribution in [0.15, 0.2) is 36.4 Å². The fourth-order valence-corrected chi connectivity index (χ4v) is 4.49. The normalized spacial score (nSPS) is 13.0. The molecular formula is C35H51N5O10. The molecule has 0 spiro atoms. The van der Waals surface area contributed by atoms with Gasteiger partial charge in [-0.2, -0.15) is 0 Å². The van der Waals surface area contributed by atoms with Crippen LogP contribution >= 0.6 is 0 Å². The molecule has 0 bridgehead atoms. The second-order valence-corrected chi connectivity index (χ2v) is 12.3. The van der Waals surface area contributed by atoms with Gasteiger partial charge >= 0.3 is 5.97 Å². The van der Waals surface area contributed by atoms with Gasteiger partial charge in [0.1, 0.15) is 12.6 Å². The van der Waals surface area contributed by atoms with Crippen LogP contribution in [0.4, 0.5) is 5.69 Å². The van der Waals surface area contributed by atoms with E-state index >= 15 is 0 Å². The first-order valence-corrected chi connectivity index (χ1v) is 17.0. The van der Waals surface area contributed by atoms with Crippen LogP contribution in [-0.4, -0.2) is 98.4 Å². The lowest BCUT2D eigenvalue weighted by Crippen LogP contribution is -2.51. The number of hydrogen-bond acceptors (Lipinski definition) is 10. The molecule has 1 heterocycles. The van der Waals surface area contributed by atoms with E-state index in [0.717, 1.165) is 12.0 Å². The molecule has 1 atom stereocenters. The van der Waals surface area contributed by atoms with Crippen LogP contribution in [0.5, 0.6) is 0 Å². The number of hydrogen-bond donors (Lipinski definition) is 4. The van der Waals surface area contributed by atoms with Crippen molar-refractivity contribution in [2.45, 2.75) is 72.4 Å². The topological polar surface area (TPSA) is 199 Å². The van der Waals surface area contributed by atoms with E-state index in [2.05, 4.69) is 21.3 Å². The summed E-state index contributed by atoms with van der Waals surface area (Å²) in [6.07, 6.45) is 4.90. The van der Waals surface area contributed by atoms with Crippen LogP contribution < -0.4 is 21.3 Å². The molecule has 1 unspecified atom stereocenters. The third-order valence-corrected chi connectivity index (χ3v) is 7.38. The highest BCUT2D eigenvalue weighted by molar-refractivity contribution is 6.12. The average Bonchev–Trinajstić information content (AvgIpc) is 3.40. The van der Waals surface area contributed by atoms with Gasteiger partial charge in [-0.1, -0.05) is 46.2 Å². The minimum atomic E-state index is -0.842. The summed E-state index contributed by atoms with van der Waals surface area (Å²) < 4.78 is 16.1. The third kappa shape index (κ3) is 16.7. The summed E-state index contributed by atoms with van der Waals surface area (Å²) in [6, 6.07) is 5.95. The van der Waals surface area contributed by atoms with Gasteiger partial charge in [-0.3, -0.25) is 38.5 Å². The SMILES string of the molecule is CC(C)C(=O)OCc1ccc(NC(=O)CNC(=O)C(NC(=O)CCOCCOCCNC(=O)CCCCCN2C(=O)C=CC2=O)C(C)C)cc1. The van der Waals surface area contributed by atoms with Gasteiger partial charge in [-0.05, 0) is 36.5 Å². The van der Waals surface area contributed by atoms with E-state index < -0.39 is 17.9 Å². The lowest BCUT2D eigenvalue weighted by molar-refractivity contribution is -0.148. The maximum atomic E-state index is 12.7. The van der Waals surface area contributed by atoms with E-state index in [1.807, 2.05) is 0 Å². The predicted octanol–water partition coefficient (Wildman–Crippen LogP) is 1.61. The molecule has 0 radical (unpaired) electrons. The number of anilines is 1. The molecule has 15 nitrogen and oxygen atoms in total. The molecule has 276 valence electrons. The Hall–Kier alpha value is -4.63. The van der Waals surface area contributed by atoms with Crippen LogP contribution in [0.1, 0.15) is 65.4 Å². The molecule has 0 saturated carbocycles. The summed E-state index contributed by atoms with van der Waals surface area (Å²) >= 11 is 0. The Kier molecular flexibility index (Phi) is 19.0. The third-order valence-electron chi connectivity index (χ3n) is 7.38. The Bertz CT molecular complexity index is 1310. The molecule has 0 saturated heterocycles. The van der Waals surface area contributed by atoms with Crippen molar-refractivity contribution in [1.29, 1.82) is 0 Å². The van der Waals surface area contributed by atoms with Gasteiger partial charge in [0.25, 0.3) is 11.8 Å². The molecule has 1 aliphatic heterocycles. The molecular weight excluding hydrogens is 650 g/mol. The average molecular weight is 702 g/mol. The van der Waals surface area contributed by atoms with E-state index in [1.165, 1.54) is 17.1 Å². The summed E-state index contributed by atoms with van der Waals surface area (Å²) in [5.41, 5.74) is 1.28. The standard InChI is InChI=1S/C35H51N5O10/c1-24(2)33(34(46)37-22-30(43)38-27-11-9-26(10-12-27)23-50-35(47)25(3)4)39-29(42)15-18-48-20-21-49-19-16-36-28(41)8-6-5-7-17-40-31(44)13-14-32(40)45/h9-14,24-25,33H,5-8,15-23H2,1-4H3,(H,36,41)(H,37,46)(H,38,43)(H,39,42). The summed E-state index contributed by atoms with van der Waals surface area (Å²) in [6.45, 7) is 8.55. The van der Waals surface area contributed by atoms with E-state index in [1.54, 1.807) is 52.0 Å². The van der Waals surface area contributed by atoms with Crippen LogP contribution in [-0.2, 0) is 54.4 Å². The smallest absolute Gasteiger partial charge is 0.308 e. The van der Waals surface area contributed by atoms with E-state index in [-0.39, 0.29) is 80.8 Å². The number of imide groups is 1. The van der Waals surface area contributed by atoms with Gasteiger partial charge in [0.15, 0.2) is 0 Å². The molecule has 0 fully saturated rings. The Balaban J connectivity index is 1.50. The number of amides is 6. The number of esters is 1. The zero-order chi connectivity index (χ0) is 36.9.